The zero-order chi connectivity index (χ0) is 10.3. The Morgan fingerprint density at radius 3 is 2.54 bits per heavy atom. The molecule has 76 valence electrons. The summed E-state index contributed by atoms with van der Waals surface area (Å²) in [5.41, 5.74) is 0. The molecular weight excluding hydrogens is 194 g/mol. The molecule has 0 fully saturated rings. The largest absolute Gasteiger partial charge is 0.464 e. The predicted octanol–water partition coefficient (Wildman–Crippen LogP) is 0.683. The smallest absolute Gasteiger partial charge is 0.329 e. The van der Waals surface area contributed by atoms with Gasteiger partial charge >= 0.3 is 5.97 Å². The van der Waals surface area contributed by atoms with Crippen molar-refractivity contribution in [3.05, 3.63) is 0 Å². The molecule has 0 aliphatic heterocycles. The van der Waals surface area contributed by atoms with Crippen molar-refractivity contribution >= 4 is 23.5 Å². The summed E-state index contributed by atoms with van der Waals surface area (Å²) in [5.74, 6) is -0.742. The lowest BCUT2D eigenvalue weighted by Crippen LogP contribution is -2.42. The van der Waals surface area contributed by atoms with Crippen LogP contribution in [0.25, 0.3) is 0 Å². The van der Waals surface area contributed by atoms with E-state index in [4.69, 9.17) is 16.3 Å². The summed E-state index contributed by atoms with van der Waals surface area (Å²) in [6.45, 7) is 3.57. The molecule has 0 aromatic rings. The van der Waals surface area contributed by atoms with Crippen molar-refractivity contribution in [3.8, 4) is 0 Å². The SMILES string of the molecule is CCCOC(=O)[C@H](CCl)NC(C)=O. The highest BCUT2D eigenvalue weighted by atomic mass is 35.5. The summed E-state index contributed by atoms with van der Waals surface area (Å²) >= 11 is 5.47. The number of halogens is 1. The quantitative estimate of drug-likeness (QED) is 0.533. The molecule has 0 unspecified atom stereocenters. The van der Waals surface area contributed by atoms with Crippen molar-refractivity contribution in [1.29, 1.82) is 0 Å². The number of hydrogen-bond donors (Lipinski definition) is 1. The number of hydrogen-bond acceptors (Lipinski definition) is 3. The maximum Gasteiger partial charge on any atom is 0.329 e. The molecule has 0 saturated heterocycles. The van der Waals surface area contributed by atoms with Crippen molar-refractivity contribution in [2.75, 3.05) is 12.5 Å². The van der Waals surface area contributed by atoms with Gasteiger partial charge in [-0.3, -0.25) is 4.79 Å². The van der Waals surface area contributed by atoms with Gasteiger partial charge in [-0.2, -0.15) is 0 Å². The Morgan fingerprint density at radius 2 is 2.15 bits per heavy atom. The van der Waals surface area contributed by atoms with E-state index >= 15 is 0 Å². The van der Waals surface area contributed by atoms with Gasteiger partial charge in [-0.1, -0.05) is 6.92 Å². The number of rotatable bonds is 5. The van der Waals surface area contributed by atoms with E-state index in [0.29, 0.717) is 6.61 Å². The van der Waals surface area contributed by atoms with Crippen molar-refractivity contribution in [2.24, 2.45) is 0 Å². The van der Waals surface area contributed by atoms with Gasteiger partial charge in [0.05, 0.1) is 12.5 Å². The molecule has 1 N–H and O–H groups in total. The number of ether oxygens (including phenoxy) is 1. The lowest BCUT2D eigenvalue weighted by molar-refractivity contribution is -0.147. The number of amides is 1. The second kappa shape index (κ2) is 6.71. The molecule has 0 aliphatic carbocycles. The van der Waals surface area contributed by atoms with Crippen LogP contribution in [0.2, 0.25) is 0 Å². The second-order valence-electron chi connectivity index (χ2n) is 2.57. The Bertz CT molecular complexity index is 184. The average Bonchev–Trinajstić information content (AvgIpc) is 2.09. The first kappa shape index (κ1) is 12.2. The predicted molar refractivity (Wildman–Crippen MR) is 49.6 cm³/mol. The molecule has 0 aliphatic rings. The van der Waals surface area contributed by atoms with Crippen LogP contribution in [0.4, 0.5) is 0 Å². The molecule has 4 nitrogen and oxygen atoms in total. The van der Waals surface area contributed by atoms with E-state index in [1.54, 1.807) is 0 Å². The van der Waals surface area contributed by atoms with Crippen molar-refractivity contribution < 1.29 is 14.3 Å². The summed E-state index contributed by atoms with van der Waals surface area (Å²) in [4.78, 5) is 21.8. The van der Waals surface area contributed by atoms with Crippen LogP contribution in [0.1, 0.15) is 20.3 Å². The summed E-state index contributed by atoms with van der Waals surface area (Å²) in [5, 5.41) is 2.39. The minimum Gasteiger partial charge on any atom is -0.464 e. The fourth-order valence-corrected chi connectivity index (χ4v) is 0.912. The van der Waals surface area contributed by atoms with Crippen LogP contribution in [-0.2, 0) is 14.3 Å². The molecule has 0 bridgehead atoms. The van der Waals surface area contributed by atoms with Crippen LogP contribution < -0.4 is 5.32 Å². The lowest BCUT2D eigenvalue weighted by Gasteiger charge is -2.13. The lowest BCUT2D eigenvalue weighted by atomic mass is 10.3. The van der Waals surface area contributed by atoms with Crippen molar-refractivity contribution in [3.63, 3.8) is 0 Å². The van der Waals surface area contributed by atoms with Gasteiger partial charge in [0.2, 0.25) is 5.91 Å². The fraction of sp³-hybridized carbons (Fsp3) is 0.750. The Kier molecular flexibility index (Phi) is 6.32. The molecule has 1 atom stereocenters. The number of esters is 1. The summed E-state index contributed by atoms with van der Waals surface area (Å²) in [6.07, 6.45) is 0.751. The first-order chi connectivity index (χ1) is 6.11. The summed E-state index contributed by atoms with van der Waals surface area (Å²) in [7, 11) is 0. The molecule has 13 heavy (non-hydrogen) atoms. The van der Waals surface area contributed by atoms with Gasteiger partial charge in [0.1, 0.15) is 6.04 Å². The Balaban J connectivity index is 3.92. The standard InChI is InChI=1S/C8H14ClNO3/c1-3-4-13-8(12)7(5-9)10-6(2)11/h7H,3-5H2,1-2H3,(H,10,11)/t7-/m0/s1. The van der Waals surface area contributed by atoms with E-state index in [1.807, 2.05) is 6.92 Å². The van der Waals surface area contributed by atoms with E-state index in [0.717, 1.165) is 6.42 Å². The number of alkyl halides is 1. The molecule has 0 heterocycles. The normalized spacial score (nSPS) is 11.9. The van der Waals surface area contributed by atoms with Crippen LogP contribution >= 0.6 is 11.6 Å². The van der Waals surface area contributed by atoms with Gasteiger partial charge in [0, 0.05) is 6.92 Å². The van der Waals surface area contributed by atoms with Crippen molar-refractivity contribution in [1.82, 2.24) is 5.32 Å². The van der Waals surface area contributed by atoms with Gasteiger partial charge in [-0.25, -0.2) is 4.79 Å². The minimum atomic E-state index is -0.731. The monoisotopic (exact) mass is 207 g/mol. The van der Waals surface area contributed by atoms with Crippen LogP contribution in [-0.4, -0.2) is 30.4 Å². The fourth-order valence-electron chi connectivity index (χ4n) is 0.709. The molecule has 0 spiro atoms. The molecule has 5 heteroatoms. The third-order valence-corrected chi connectivity index (χ3v) is 1.57. The molecule has 0 aromatic carbocycles. The maximum absolute atomic E-state index is 11.1. The van der Waals surface area contributed by atoms with Gasteiger partial charge in [-0.15, -0.1) is 11.6 Å². The van der Waals surface area contributed by atoms with Crippen molar-refractivity contribution in [2.45, 2.75) is 26.3 Å². The molecule has 0 rings (SSSR count). The van der Waals surface area contributed by atoms with Gasteiger partial charge < -0.3 is 10.1 Å². The Hall–Kier alpha value is -0.770. The number of carbonyl (C=O) groups excluding carboxylic acids is 2. The second-order valence-corrected chi connectivity index (χ2v) is 2.88. The van der Waals surface area contributed by atoms with E-state index in [-0.39, 0.29) is 11.8 Å². The van der Waals surface area contributed by atoms with E-state index in [9.17, 15) is 9.59 Å². The third-order valence-electron chi connectivity index (χ3n) is 1.26. The molecule has 0 radical (unpaired) electrons. The zero-order valence-electron chi connectivity index (χ0n) is 7.80. The summed E-state index contributed by atoms with van der Waals surface area (Å²) < 4.78 is 4.81. The van der Waals surface area contributed by atoms with Crippen LogP contribution in [0, 0.1) is 0 Å². The zero-order valence-corrected chi connectivity index (χ0v) is 8.56. The number of nitrogens with one attached hydrogen (secondary N) is 1. The average molecular weight is 208 g/mol. The van der Waals surface area contributed by atoms with E-state index < -0.39 is 12.0 Å². The first-order valence-electron chi connectivity index (χ1n) is 4.11. The third kappa shape index (κ3) is 5.47. The van der Waals surface area contributed by atoms with Crippen LogP contribution in [0.3, 0.4) is 0 Å². The summed E-state index contributed by atoms with van der Waals surface area (Å²) in [6, 6.07) is -0.731. The van der Waals surface area contributed by atoms with E-state index in [1.165, 1.54) is 6.92 Å². The Labute approximate surface area is 82.6 Å². The Morgan fingerprint density at radius 1 is 1.54 bits per heavy atom. The van der Waals surface area contributed by atoms with Gasteiger partial charge in [-0.05, 0) is 6.42 Å². The maximum atomic E-state index is 11.1. The molecule has 1 amide bonds. The minimum absolute atomic E-state index is 0.0299. The van der Waals surface area contributed by atoms with Gasteiger partial charge in [0.15, 0.2) is 0 Å². The topological polar surface area (TPSA) is 55.4 Å². The highest BCUT2D eigenvalue weighted by Gasteiger charge is 2.19. The van der Waals surface area contributed by atoms with E-state index in [2.05, 4.69) is 5.32 Å². The number of carbonyl (C=O) groups is 2. The van der Waals surface area contributed by atoms with Crippen LogP contribution in [0.5, 0.6) is 0 Å². The highest BCUT2D eigenvalue weighted by molar-refractivity contribution is 6.19. The highest BCUT2D eigenvalue weighted by Crippen LogP contribution is 1.94. The van der Waals surface area contributed by atoms with Crippen LogP contribution in [0.15, 0.2) is 0 Å². The molecule has 0 aromatic heterocycles. The molecule has 0 saturated carbocycles. The van der Waals surface area contributed by atoms with Gasteiger partial charge in [0.25, 0.3) is 0 Å². The first-order valence-corrected chi connectivity index (χ1v) is 4.65. The molecular formula is C8H14ClNO3.